The number of esters is 1. The van der Waals surface area contributed by atoms with E-state index in [0.29, 0.717) is 39.3 Å². The lowest BCUT2D eigenvalue weighted by molar-refractivity contribution is -0.146. The minimum atomic E-state index is -0.928. The smallest absolute Gasteiger partial charge is 0.321 e. The van der Waals surface area contributed by atoms with E-state index < -0.39 is 29.9 Å². The summed E-state index contributed by atoms with van der Waals surface area (Å²) in [5.41, 5.74) is 2.68. The Bertz CT molecular complexity index is 1280. The van der Waals surface area contributed by atoms with E-state index in [1.54, 1.807) is 9.80 Å². The first-order chi connectivity index (χ1) is 19.6. The van der Waals surface area contributed by atoms with Gasteiger partial charge in [0.2, 0.25) is 5.91 Å². The minimum absolute atomic E-state index is 0.285. The molecule has 4 atom stereocenters. The number of hydrogen-bond acceptors (Lipinski definition) is 5. The number of methoxy groups -OCH3 is 1. The van der Waals surface area contributed by atoms with Crippen LogP contribution in [0.25, 0.3) is 0 Å². The normalized spacial score (nSPS) is 22.5. The lowest BCUT2D eigenvalue weighted by Crippen LogP contribution is -2.55. The van der Waals surface area contributed by atoms with Gasteiger partial charge in [-0.1, -0.05) is 91.0 Å². The van der Waals surface area contributed by atoms with Gasteiger partial charge in [0.05, 0.1) is 32.3 Å². The first-order valence-electron chi connectivity index (χ1n) is 13.7. The average Bonchev–Trinajstić information content (AvgIpc) is 3.38. The third kappa shape index (κ3) is 5.72. The predicted octanol–water partition coefficient (Wildman–Crippen LogP) is 3.80. The zero-order chi connectivity index (χ0) is 27.9. The van der Waals surface area contributed by atoms with E-state index in [-0.39, 0.29) is 11.9 Å². The van der Waals surface area contributed by atoms with Crippen LogP contribution in [0, 0.1) is 5.92 Å². The lowest BCUT2D eigenvalue weighted by atomic mass is 9.80. The maximum absolute atomic E-state index is 14.3. The highest BCUT2D eigenvalue weighted by molar-refractivity contribution is 5.92. The molecule has 0 saturated carbocycles. The molecule has 5 rings (SSSR count). The highest BCUT2D eigenvalue weighted by Gasteiger charge is 2.58. The summed E-state index contributed by atoms with van der Waals surface area (Å²) >= 11 is 0. The van der Waals surface area contributed by atoms with Crippen LogP contribution in [0.1, 0.15) is 28.7 Å². The van der Waals surface area contributed by atoms with Crippen molar-refractivity contribution in [2.24, 2.45) is 5.92 Å². The number of carbonyl (C=O) groups excluding carboxylic acids is 3. The summed E-state index contributed by atoms with van der Waals surface area (Å²) < 4.78 is 10.8. The van der Waals surface area contributed by atoms with Crippen molar-refractivity contribution in [3.63, 3.8) is 0 Å². The maximum Gasteiger partial charge on any atom is 0.321 e. The van der Waals surface area contributed by atoms with Crippen LogP contribution >= 0.6 is 0 Å². The van der Waals surface area contributed by atoms with Crippen molar-refractivity contribution in [1.82, 2.24) is 15.1 Å². The van der Waals surface area contributed by atoms with E-state index in [0.717, 1.165) is 16.7 Å². The van der Waals surface area contributed by atoms with Crippen LogP contribution in [0.5, 0.6) is 0 Å². The molecule has 0 radical (unpaired) electrons. The van der Waals surface area contributed by atoms with Gasteiger partial charge in [-0.3, -0.25) is 9.59 Å². The zero-order valence-electron chi connectivity index (χ0n) is 22.6. The molecule has 2 aliphatic heterocycles. The molecule has 2 heterocycles. The standard InChI is InChI=1S/C32H35N3O5/c1-39-31(37)27-26(24-13-7-3-8-14-24)29(30(36)33-18-17-23-11-5-2-6-12-23)35(28(27)25-15-9-4-10-16-25)32(38)34-19-21-40-22-20-34/h2-16,26-29H,17-22H2,1H3,(H,33,36). The molecular weight excluding hydrogens is 506 g/mol. The van der Waals surface area contributed by atoms with Gasteiger partial charge in [0, 0.05) is 25.6 Å². The van der Waals surface area contributed by atoms with Gasteiger partial charge < -0.3 is 24.6 Å². The fraction of sp³-hybridized carbons (Fsp3) is 0.344. The summed E-state index contributed by atoms with van der Waals surface area (Å²) in [6, 6.07) is 27.0. The number of urea groups is 1. The average molecular weight is 542 g/mol. The molecule has 3 amide bonds. The van der Waals surface area contributed by atoms with Crippen LogP contribution in [-0.4, -0.2) is 73.7 Å². The molecule has 0 aliphatic carbocycles. The van der Waals surface area contributed by atoms with E-state index in [1.807, 2.05) is 91.0 Å². The molecule has 40 heavy (non-hydrogen) atoms. The Balaban J connectivity index is 1.58. The molecule has 3 aromatic rings. The molecule has 4 unspecified atom stereocenters. The van der Waals surface area contributed by atoms with Gasteiger partial charge in [0.15, 0.2) is 0 Å². The number of carbonyl (C=O) groups is 3. The summed E-state index contributed by atoms with van der Waals surface area (Å²) in [7, 11) is 1.35. The molecule has 0 aromatic heterocycles. The Kier molecular flexibility index (Phi) is 8.76. The van der Waals surface area contributed by atoms with Gasteiger partial charge in [-0.25, -0.2) is 4.79 Å². The fourth-order valence-electron chi connectivity index (χ4n) is 5.93. The molecule has 3 aromatic carbocycles. The SMILES string of the molecule is COC(=O)C1C(c2ccccc2)C(C(=O)NCCc2ccccc2)N(C(=O)N2CCOCC2)C1c1ccccc1. The van der Waals surface area contributed by atoms with E-state index in [4.69, 9.17) is 9.47 Å². The van der Waals surface area contributed by atoms with Crippen molar-refractivity contribution >= 4 is 17.9 Å². The lowest BCUT2D eigenvalue weighted by Gasteiger charge is -2.37. The molecule has 0 spiro atoms. The number of morpholine rings is 1. The van der Waals surface area contributed by atoms with Gasteiger partial charge in [-0.2, -0.15) is 0 Å². The topological polar surface area (TPSA) is 88.2 Å². The van der Waals surface area contributed by atoms with Crippen molar-refractivity contribution in [2.45, 2.75) is 24.4 Å². The minimum Gasteiger partial charge on any atom is -0.469 e. The van der Waals surface area contributed by atoms with Crippen molar-refractivity contribution in [1.29, 1.82) is 0 Å². The molecule has 8 heteroatoms. The van der Waals surface area contributed by atoms with Gasteiger partial charge in [0.25, 0.3) is 0 Å². The third-order valence-electron chi connectivity index (χ3n) is 7.79. The van der Waals surface area contributed by atoms with Crippen LogP contribution in [-0.2, 0) is 25.5 Å². The van der Waals surface area contributed by atoms with Crippen molar-refractivity contribution in [3.05, 3.63) is 108 Å². The molecule has 208 valence electrons. The number of likely N-dealkylation sites (tertiary alicyclic amines) is 1. The van der Waals surface area contributed by atoms with E-state index in [1.165, 1.54) is 7.11 Å². The molecule has 0 bridgehead atoms. The molecule has 2 fully saturated rings. The van der Waals surface area contributed by atoms with E-state index in [9.17, 15) is 14.4 Å². The first-order valence-corrected chi connectivity index (χ1v) is 13.7. The fourth-order valence-corrected chi connectivity index (χ4v) is 5.93. The number of rotatable bonds is 7. The largest absolute Gasteiger partial charge is 0.469 e. The molecule has 1 N–H and O–H groups in total. The maximum atomic E-state index is 14.3. The Morgan fingerprint density at radius 3 is 2.02 bits per heavy atom. The number of nitrogens with one attached hydrogen (secondary N) is 1. The zero-order valence-corrected chi connectivity index (χ0v) is 22.6. The summed E-state index contributed by atoms with van der Waals surface area (Å²) in [6.07, 6.45) is 0.648. The van der Waals surface area contributed by atoms with Crippen LogP contribution in [0.2, 0.25) is 0 Å². The molecule has 2 saturated heterocycles. The number of nitrogens with zero attached hydrogens (tertiary/aromatic N) is 2. The summed E-state index contributed by atoms with van der Waals surface area (Å²) in [5.74, 6) is -2.15. The second-order valence-corrected chi connectivity index (χ2v) is 10.1. The highest BCUT2D eigenvalue weighted by Crippen LogP contribution is 2.51. The van der Waals surface area contributed by atoms with Crippen molar-refractivity contribution in [2.75, 3.05) is 40.0 Å². The number of hydrogen-bond donors (Lipinski definition) is 1. The summed E-state index contributed by atoms with van der Waals surface area (Å²) in [6.45, 7) is 2.08. The Labute approximate surface area is 234 Å². The third-order valence-corrected chi connectivity index (χ3v) is 7.79. The Morgan fingerprint density at radius 2 is 1.43 bits per heavy atom. The predicted molar refractivity (Wildman–Crippen MR) is 150 cm³/mol. The monoisotopic (exact) mass is 541 g/mol. The second kappa shape index (κ2) is 12.8. The van der Waals surface area contributed by atoms with Crippen LogP contribution in [0.15, 0.2) is 91.0 Å². The van der Waals surface area contributed by atoms with Gasteiger partial charge >= 0.3 is 12.0 Å². The van der Waals surface area contributed by atoms with Crippen LogP contribution in [0.3, 0.4) is 0 Å². The second-order valence-electron chi connectivity index (χ2n) is 10.1. The van der Waals surface area contributed by atoms with Gasteiger partial charge in [-0.05, 0) is 23.1 Å². The quantitative estimate of drug-likeness (QED) is 0.460. The molecule has 2 aliphatic rings. The van der Waals surface area contributed by atoms with Gasteiger partial charge in [-0.15, -0.1) is 0 Å². The van der Waals surface area contributed by atoms with Crippen molar-refractivity contribution in [3.8, 4) is 0 Å². The number of benzene rings is 3. The molecular formula is C32H35N3O5. The highest BCUT2D eigenvalue weighted by atomic mass is 16.5. The van der Waals surface area contributed by atoms with Crippen LogP contribution in [0.4, 0.5) is 4.79 Å². The van der Waals surface area contributed by atoms with E-state index >= 15 is 0 Å². The number of amides is 3. The van der Waals surface area contributed by atoms with Crippen LogP contribution < -0.4 is 5.32 Å². The van der Waals surface area contributed by atoms with Crippen molar-refractivity contribution < 1.29 is 23.9 Å². The van der Waals surface area contributed by atoms with E-state index in [2.05, 4.69) is 5.32 Å². The molecule has 8 nitrogen and oxygen atoms in total. The number of ether oxygens (including phenoxy) is 2. The van der Waals surface area contributed by atoms with Gasteiger partial charge in [0.1, 0.15) is 6.04 Å². The first kappa shape index (κ1) is 27.4. The Hall–Kier alpha value is -4.17. The summed E-state index contributed by atoms with van der Waals surface area (Å²) in [5, 5.41) is 3.08. The Morgan fingerprint density at radius 1 is 0.850 bits per heavy atom. The summed E-state index contributed by atoms with van der Waals surface area (Å²) in [4.78, 5) is 45.3.